The number of methoxy groups -OCH3 is 1. The van der Waals surface area contributed by atoms with Crippen molar-refractivity contribution in [3.63, 3.8) is 0 Å². The first-order valence-electron chi connectivity index (χ1n) is 14.2. The van der Waals surface area contributed by atoms with Crippen LogP contribution in [0.2, 0.25) is 0 Å². The lowest BCUT2D eigenvalue weighted by molar-refractivity contribution is -0.142. The Balaban J connectivity index is 1.43. The molecule has 7 nitrogen and oxygen atoms in total. The molecule has 1 amide bonds. The second kappa shape index (κ2) is 15.4. The van der Waals surface area contributed by atoms with E-state index in [0.29, 0.717) is 30.4 Å². The lowest BCUT2D eigenvalue weighted by Crippen LogP contribution is -2.44. The van der Waals surface area contributed by atoms with Gasteiger partial charge in [0.15, 0.2) is 5.60 Å². The van der Waals surface area contributed by atoms with Crippen LogP contribution in [0.3, 0.4) is 0 Å². The highest BCUT2D eigenvalue weighted by Gasteiger charge is 2.34. The molecular formula is C31H44BrN3O4. The number of halogens is 1. The lowest BCUT2D eigenvalue weighted by atomic mass is 9.93. The molecule has 0 bridgehead atoms. The van der Waals surface area contributed by atoms with Gasteiger partial charge in [0.25, 0.3) is 5.91 Å². The Labute approximate surface area is 241 Å². The van der Waals surface area contributed by atoms with Gasteiger partial charge < -0.3 is 20.5 Å². The second-order valence-electron chi connectivity index (χ2n) is 10.4. The lowest BCUT2D eigenvalue weighted by Gasteiger charge is -2.34. The molecule has 0 spiro atoms. The number of carbonyl (C=O) groups excluding carboxylic acids is 2. The number of unbranched alkanes of at least 4 members (excludes halogenated alkanes) is 2. The van der Waals surface area contributed by atoms with E-state index in [1.165, 1.54) is 32.1 Å². The molecule has 1 saturated carbocycles. The quantitative estimate of drug-likeness (QED) is 0.152. The number of nitrogens with zero attached hydrogens (tertiary/aromatic N) is 1. The number of hydrogen-bond acceptors (Lipinski definition) is 6. The van der Waals surface area contributed by atoms with Crippen molar-refractivity contribution >= 4 is 33.5 Å². The van der Waals surface area contributed by atoms with Gasteiger partial charge >= 0.3 is 5.97 Å². The Morgan fingerprint density at radius 2 is 1.82 bits per heavy atom. The molecule has 0 radical (unpaired) electrons. The summed E-state index contributed by atoms with van der Waals surface area (Å²) in [5.41, 5.74) is 8.30. The molecule has 0 saturated heterocycles. The number of esters is 1. The number of nitrogens with two attached hydrogens (primary N) is 1. The Kier molecular flexibility index (Phi) is 12.3. The summed E-state index contributed by atoms with van der Waals surface area (Å²) in [6.07, 6.45) is 8.64. The van der Waals surface area contributed by atoms with E-state index in [9.17, 15) is 9.59 Å². The molecule has 214 valence electrons. The molecule has 2 aromatic carbocycles. The number of rotatable bonds is 14. The van der Waals surface area contributed by atoms with Crippen molar-refractivity contribution in [2.75, 3.05) is 32.5 Å². The third-order valence-corrected chi connectivity index (χ3v) is 8.48. The zero-order valence-corrected chi connectivity index (χ0v) is 25.2. The summed E-state index contributed by atoms with van der Waals surface area (Å²) in [6.45, 7) is 6.49. The number of carbonyl (C=O) groups is 2. The number of nitrogens with one attached hydrogen (secondary N) is 1. The number of nitrogen functional groups attached to an aromatic ring is 1. The van der Waals surface area contributed by atoms with Crippen LogP contribution in [0.5, 0.6) is 0 Å². The molecule has 3 N–H and O–H groups in total. The highest BCUT2D eigenvalue weighted by Crippen LogP contribution is 2.30. The molecule has 39 heavy (non-hydrogen) atoms. The maximum atomic E-state index is 12.8. The van der Waals surface area contributed by atoms with Gasteiger partial charge in [-0.2, -0.15) is 0 Å². The number of anilines is 1. The Hall–Kier alpha value is -2.42. The Morgan fingerprint density at radius 1 is 1.10 bits per heavy atom. The molecule has 0 aromatic heterocycles. The number of amides is 1. The first-order chi connectivity index (χ1) is 18.8. The first-order valence-corrected chi connectivity index (χ1v) is 15.0. The van der Waals surface area contributed by atoms with Gasteiger partial charge in [0.05, 0.1) is 17.9 Å². The molecule has 1 fully saturated rings. The van der Waals surface area contributed by atoms with Crippen molar-refractivity contribution in [3.8, 4) is 0 Å². The molecule has 1 atom stereocenters. The van der Waals surface area contributed by atoms with Gasteiger partial charge in [-0.05, 0) is 84.8 Å². The summed E-state index contributed by atoms with van der Waals surface area (Å²) < 4.78 is 11.8. The minimum absolute atomic E-state index is 0.169. The first kappa shape index (κ1) is 31.1. The average Bonchev–Trinajstić information content (AvgIpc) is 2.97. The van der Waals surface area contributed by atoms with Crippen LogP contribution in [0, 0.1) is 0 Å². The van der Waals surface area contributed by atoms with Gasteiger partial charge in [-0.3, -0.25) is 9.69 Å². The van der Waals surface area contributed by atoms with Gasteiger partial charge in [0, 0.05) is 30.7 Å². The van der Waals surface area contributed by atoms with Crippen LogP contribution in [-0.4, -0.2) is 49.6 Å². The molecule has 0 aliphatic heterocycles. The molecule has 0 heterocycles. The van der Waals surface area contributed by atoms with Crippen LogP contribution in [0.25, 0.3) is 0 Å². The second-order valence-corrected chi connectivity index (χ2v) is 11.3. The minimum Gasteiger partial charge on any atom is -0.462 e. The zero-order valence-electron chi connectivity index (χ0n) is 23.6. The number of hydrogen-bond donors (Lipinski definition) is 2. The summed E-state index contributed by atoms with van der Waals surface area (Å²) in [5, 5.41) is 2.97. The normalized spacial score (nSPS) is 15.6. The highest BCUT2D eigenvalue weighted by molar-refractivity contribution is 9.10. The van der Waals surface area contributed by atoms with E-state index in [0.717, 1.165) is 48.0 Å². The van der Waals surface area contributed by atoms with Crippen LogP contribution in [0.4, 0.5) is 5.69 Å². The summed E-state index contributed by atoms with van der Waals surface area (Å²) >= 11 is 3.53. The summed E-state index contributed by atoms with van der Waals surface area (Å²) in [7, 11) is 1.54. The van der Waals surface area contributed by atoms with E-state index >= 15 is 0 Å². The fourth-order valence-electron chi connectivity index (χ4n) is 5.21. The van der Waals surface area contributed by atoms with Crippen molar-refractivity contribution in [1.82, 2.24) is 10.2 Å². The monoisotopic (exact) mass is 601 g/mol. The Morgan fingerprint density at radius 3 is 2.49 bits per heavy atom. The molecule has 2 aromatic rings. The van der Waals surface area contributed by atoms with Crippen LogP contribution in [0.1, 0.15) is 86.7 Å². The minimum atomic E-state index is -1.03. The summed E-state index contributed by atoms with van der Waals surface area (Å²) in [4.78, 5) is 28.0. The highest BCUT2D eigenvalue weighted by atomic mass is 79.9. The standard InChI is InChI=1S/C31H44BrN3O4/c1-4-35(26-16-10-6-11-17-26)22-24-20-23(21-27(32)28(24)33)29(36)39-19-13-7-12-18-34-30(37)31(2,38-3)25-14-8-5-9-15-25/h5,8-9,14-15,20-21,26H,4,6-7,10-13,16-19,22,33H2,1-3H3,(H,34,37). The predicted molar refractivity (Wildman–Crippen MR) is 159 cm³/mol. The van der Waals surface area contributed by atoms with Crippen molar-refractivity contribution in [1.29, 1.82) is 0 Å². The van der Waals surface area contributed by atoms with Gasteiger partial charge in [-0.15, -0.1) is 0 Å². The topological polar surface area (TPSA) is 93.9 Å². The maximum absolute atomic E-state index is 12.8. The van der Waals surface area contributed by atoms with Gasteiger partial charge in [0.1, 0.15) is 0 Å². The summed E-state index contributed by atoms with van der Waals surface area (Å²) in [5.74, 6) is -0.512. The van der Waals surface area contributed by atoms with E-state index in [2.05, 4.69) is 33.1 Å². The predicted octanol–water partition coefficient (Wildman–Crippen LogP) is 6.19. The van der Waals surface area contributed by atoms with Crippen LogP contribution < -0.4 is 11.1 Å². The fraction of sp³-hybridized carbons (Fsp3) is 0.548. The van der Waals surface area contributed by atoms with Crippen molar-refractivity contribution in [2.45, 2.75) is 83.4 Å². The van der Waals surface area contributed by atoms with Crippen LogP contribution >= 0.6 is 15.9 Å². The third-order valence-electron chi connectivity index (χ3n) is 7.83. The van der Waals surface area contributed by atoms with E-state index in [1.807, 2.05) is 36.4 Å². The molecule has 1 aliphatic rings. The van der Waals surface area contributed by atoms with E-state index in [-0.39, 0.29) is 11.9 Å². The van der Waals surface area contributed by atoms with Crippen molar-refractivity contribution < 1.29 is 19.1 Å². The van der Waals surface area contributed by atoms with E-state index < -0.39 is 5.60 Å². The van der Waals surface area contributed by atoms with Gasteiger partial charge in [0.2, 0.25) is 0 Å². The fourth-order valence-corrected chi connectivity index (χ4v) is 5.71. The largest absolute Gasteiger partial charge is 0.462 e. The smallest absolute Gasteiger partial charge is 0.338 e. The maximum Gasteiger partial charge on any atom is 0.338 e. The van der Waals surface area contributed by atoms with Crippen molar-refractivity contribution in [2.24, 2.45) is 0 Å². The molecule has 3 rings (SSSR count). The average molecular weight is 603 g/mol. The molecular weight excluding hydrogens is 558 g/mol. The van der Waals surface area contributed by atoms with E-state index in [1.54, 1.807) is 20.1 Å². The van der Waals surface area contributed by atoms with Gasteiger partial charge in [-0.25, -0.2) is 4.79 Å². The molecule has 1 aliphatic carbocycles. The van der Waals surface area contributed by atoms with Crippen molar-refractivity contribution in [3.05, 3.63) is 63.6 Å². The number of benzene rings is 2. The number of ether oxygens (including phenoxy) is 2. The van der Waals surface area contributed by atoms with E-state index in [4.69, 9.17) is 15.2 Å². The Bertz CT molecular complexity index is 1080. The summed E-state index contributed by atoms with van der Waals surface area (Å²) in [6, 6.07) is 13.7. The van der Waals surface area contributed by atoms with Crippen LogP contribution in [-0.2, 0) is 26.4 Å². The van der Waals surface area contributed by atoms with Crippen LogP contribution in [0.15, 0.2) is 46.9 Å². The SMILES string of the molecule is CCN(Cc1cc(C(=O)OCCCCCNC(=O)C(C)(OC)c2ccccc2)cc(Br)c1N)C1CCCCC1. The third kappa shape index (κ3) is 8.53. The molecule has 8 heteroatoms. The zero-order chi connectivity index (χ0) is 28.3. The van der Waals surface area contributed by atoms with Gasteiger partial charge in [-0.1, -0.05) is 56.5 Å². The molecule has 1 unspecified atom stereocenters.